The van der Waals surface area contributed by atoms with E-state index in [1.165, 1.54) is 12.1 Å². The quantitative estimate of drug-likeness (QED) is 0.531. The SMILES string of the molecule is O=C(c1ccccc1)c1cc([N+](=O)[O-])c(C(=O)O)cc1Cl. The van der Waals surface area contributed by atoms with E-state index in [9.17, 15) is 19.7 Å². The molecule has 0 heterocycles. The Balaban J connectivity index is 2.60. The Labute approximate surface area is 123 Å². The van der Waals surface area contributed by atoms with Crippen LogP contribution in [-0.4, -0.2) is 21.8 Å². The van der Waals surface area contributed by atoms with Gasteiger partial charge < -0.3 is 5.11 Å². The van der Waals surface area contributed by atoms with Crippen LogP contribution in [0.3, 0.4) is 0 Å². The van der Waals surface area contributed by atoms with E-state index >= 15 is 0 Å². The van der Waals surface area contributed by atoms with Gasteiger partial charge in [-0.2, -0.15) is 0 Å². The lowest BCUT2D eigenvalue weighted by Crippen LogP contribution is -2.08. The summed E-state index contributed by atoms with van der Waals surface area (Å²) in [6, 6.07) is 9.88. The van der Waals surface area contributed by atoms with Gasteiger partial charge in [-0.05, 0) is 6.07 Å². The highest BCUT2D eigenvalue weighted by Crippen LogP contribution is 2.28. The monoisotopic (exact) mass is 305 g/mol. The lowest BCUT2D eigenvalue weighted by atomic mass is 10.0. The number of rotatable bonds is 4. The van der Waals surface area contributed by atoms with Crippen molar-refractivity contribution in [2.24, 2.45) is 0 Å². The van der Waals surface area contributed by atoms with Crippen LogP contribution >= 0.6 is 11.6 Å². The maximum Gasteiger partial charge on any atom is 0.342 e. The van der Waals surface area contributed by atoms with E-state index in [1.807, 2.05) is 0 Å². The van der Waals surface area contributed by atoms with E-state index in [1.54, 1.807) is 18.2 Å². The molecular formula is C14H8ClNO5. The second kappa shape index (κ2) is 5.72. The molecule has 0 fully saturated rings. The van der Waals surface area contributed by atoms with E-state index in [2.05, 4.69) is 0 Å². The van der Waals surface area contributed by atoms with Gasteiger partial charge in [0.15, 0.2) is 5.78 Å². The first-order chi connectivity index (χ1) is 9.91. The first kappa shape index (κ1) is 14.7. The Bertz CT molecular complexity index is 743. The molecule has 2 rings (SSSR count). The summed E-state index contributed by atoms with van der Waals surface area (Å²) in [6.07, 6.45) is 0. The van der Waals surface area contributed by atoms with Crippen molar-refractivity contribution in [1.29, 1.82) is 0 Å². The number of nitro benzene ring substituents is 1. The van der Waals surface area contributed by atoms with Crippen LogP contribution in [0.25, 0.3) is 0 Å². The number of nitrogens with zero attached hydrogens (tertiary/aromatic N) is 1. The molecule has 106 valence electrons. The van der Waals surface area contributed by atoms with Crippen molar-refractivity contribution in [2.75, 3.05) is 0 Å². The highest BCUT2D eigenvalue weighted by molar-refractivity contribution is 6.35. The van der Waals surface area contributed by atoms with Gasteiger partial charge in [0.25, 0.3) is 5.69 Å². The van der Waals surface area contributed by atoms with Crippen LogP contribution in [0.1, 0.15) is 26.3 Å². The third kappa shape index (κ3) is 2.90. The summed E-state index contributed by atoms with van der Waals surface area (Å²) in [4.78, 5) is 33.3. The molecule has 0 saturated heterocycles. The molecule has 0 bridgehead atoms. The number of halogens is 1. The van der Waals surface area contributed by atoms with Gasteiger partial charge in [0.2, 0.25) is 0 Å². The van der Waals surface area contributed by atoms with E-state index in [0.717, 1.165) is 12.1 Å². The van der Waals surface area contributed by atoms with Crippen LogP contribution in [0, 0.1) is 10.1 Å². The summed E-state index contributed by atoms with van der Waals surface area (Å²) in [5.74, 6) is -2.00. The molecule has 0 amide bonds. The van der Waals surface area contributed by atoms with Gasteiger partial charge >= 0.3 is 5.97 Å². The molecule has 2 aromatic rings. The number of aromatic carboxylic acids is 1. The fraction of sp³-hybridized carbons (Fsp3) is 0. The molecule has 0 aliphatic rings. The molecule has 1 N–H and O–H groups in total. The number of carbonyl (C=O) groups excluding carboxylic acids is 1. The normalized spacial score (nSPS) is 10.1. The second-order valence-electron chi connectivity index (χ2n) is 4.11. The molecule has 2 aromatic carbocycles. The van der Waals surface area contributed by atoms with Gasteiger partial charge in [0, 0.05) is 17.2 Å². The molecule has 0 saturated carbocycles. The maximum absolute atomic E-state index is 12.3. The van der Waals surface area contributed by atoms with E-state index < -0.39 is 27.9 Å². The van der Waals surface area contributed by atoms with Crippen molar-refractivity contribution >= 4 is 29.0 Å². The van der Waals surface area contributed by atoms with Crippen LogP contribution in [0.15, 0.2) is 42.5 Å². The minimum absolute atomic E-state index is 0.112. The van der Waals surface area contributed by atoms with Gasteiger partial charge in [-0.15, -0.1) is 0 Å². The zero-order valence-corrected chi connectivity index (χ0v) is 11.2. The van der Waals surface area contributed by atoms with E-state index in [-0.39, 0.29) is 10.6 Å². The summed E-state index contributed by atoms with van der Waals surface area (Å²) in [5, 5.41) is 19.7. The molecule has 0 aromatic heterocycles. The molecule has 7 heteroatoms. The van der Waals surface area contributed by atoms with Gasteiger partial charge in [-0.1, -0.05) is 41.9 Å². The summed E-state index contributed by atoms with van der Waals surface area (Å²) in [6.45, 7) is 0. The highest BCUT2D eigenvalue weighted by atomic mass is 35.5. The Morgan fingerprint density at radius 3 is 2.24 bits per heavy atom. The number of carboxylic acids is 1. The first-order valence-electron chi connectivity index (χ1n) is 5.72. The summed E-state index contributed by atoms with van der Waals surface area (Å²) < 4.78 is 0. The third-order valence-corrected chi connectivity index (χ3v) is 3.11. The number of ketones is 1. The first-order valence-corrected chi connectivity index (χ1v) is 6.10. The smallest absolute Gasteiger partial charge is 0.342 e. The van der Waals surface area contributed by atoms with Crippen molar-refractivity contribution in [1.82, 2.24) is 0 Å². The number of nitro groups is 1. The Kier molecular flexibility index (Phi) is 4.00. The molecule has 21 heavy (non-hydrogen) atoms. The predicted molar refractivity (Wildman–Crippen MR) is 74.9 cm³/mol. The average molecular weight is 306 g/mol. The minimum Gasteiger partial charge on any atom is -0.477 e. The lowest BCUT2D eigenvalue weighted by molar-refractivity contribution is -0.385. The molecule has 0 aliphatic carbocycles. The van der Waals surface area contributed by atoms with Crippen LogP contribution in [0.4, 0.5) is 5.69 Å². The largest absolute Gasteiger partial charge is 0.477 e. The minimum atomic E-state index is -1.48. The topological polar surface area (TPSA) is 97.5 Å². The van der Waals surface area contributed by atoms with Gasteiger partial charge in [0.1, 0.15) is 5.56 Å². The fourth-order valence-electron chi connectivity index (χ4n) is 1.80. The Morgan fingerprint density at radius 2 is 1.71 bits per heavy atom. The average Bonchev–Trinajstić information content (AvgIpc) is 2.46. The number of hydrogen-bond acceptors (Lipinski definition) is 4. The molecule has 0 aliphatic heterocycles. The lowest BCUT2D eigenvalue weighted by Gasteiger charge is -2.06. The number of hydrogen-bond donors (Lipinski definition) is 1. The fourth-order valence-corrected chi connectivity index (χ4v) is 2.05. The van der Waals surface area contributed by atoms with Gasteiger partial charge in [0.05, 0.1) is 9.95 Å². The van der Waals surface area contributed by atoms with Crippen molar-refractivity contribution in [3.8, 4) is 0 Å². The highest BCUT2D eigenvalue weighted by Gasteiger charge is 2.25. The van der Waals surface area contributed by atoms with Crippen LogP contribution < -0.4 is 0 Å². The molecule has 0 radical (unpaired) electrons. The maximum atomic E-state index is 12.3. The molecule has 0 spiro atoms. The van der Waals surface area contributed by atoms with Crippen molar-refractivity contribution < 1.29 is 19.6 Å². The van der Waals surface area contributed by atoms with Crippen LogP contribution in [0.2, 0.25) is 5.02 Å². The Morgan fingerprint density at radius 1 is 1.10 bits per heavy atom. The predicted octanol–water partition coefficient (Wildman–Crippen LogP) is 3.18. The van der Waals surface area contributed by atoms with Gasteiger partial charge in [-0.3, -0.25) is 14.9 Å². The zero-order valence-electron chi connectivity index (χ0n) is 10.4. The zero-order chi connectivity index (χ0) is 15.6. The molecule has 6 nitrogen and oxygen atoms in total. The number of carboxylic acid groups (broad SMARTS) is 1. The Hall–Kier alpha value is -2.73. The number of carbonyl (C=O) groups is 2. The second-order valence-corrected chi connectivity index (χ2v) is 4.51. The van der Waals surface area contributed by atoms with Crippen LogP contribution in [-0.2, 0) is 0 Å². The summed E-state index contributed by atoms with van der Waals surface area (Å²) in [7, 11) is 0. The van der Waals surface area contributed by atoms with E-state index in [4.69, 9.17) is 16.7 Å². The van der Waals surface area contributed by atoms with Crippen LogP contribution in [0.5, 0.6) is 0 Å². The van der Waals surface area contributed by atoms with Gasteiger partial charge in [-0.25, -0.2) is 4.79 Å². The summed E-state index contributed by atoms with van der Waals surface area (Å²) in [5.41, 5.74) is -1.04. The van der Waals surface area contributed by atoms with Crippen molar-refractivity contribution in [3.63, 3.8) is 0 Å². The van der Waals surface area contributed by atoms with E-state index in [0.29, 0.717) is 5.56 Å². The van der Waals surface area contributed by atoms with Crippen molar-refractivity contribution in [2.45, 2.75) is 0 Å². The number of benzene rings is 2. The summed E-state index contributed by atoms with van der Waals surface area (Å²) >= 11 is 5.89. The molecule has 0 atom stereocenters. The third-order valence-electron chi connectivity index (χ3n) is 2.79. The standard InChI is InChI=1S/C14H8ClNO5/c15-11-6-10(14(18)19)12(16(20)21)7-9(11)13(17)8-4-2-1-3-5-8/h1-7H,(H,18,19). The molecule has 0 unspecified atom stereocenters. The molecular weight excluding hydrogens is 298 g/mol. The van der Waals surface area contributed by atoms with Crippen molar-refractivity contribution in [3.05, 3.63) is 74.3 Å².